The lowest BCUT2D eigenvalue weighted by Gasteiger charge is -2.37. The van der Waals surface area contributed by atoms with E-state index in [-0.39, 0.29) is 13.0 Å². The number of H-pyrrole nitrogens is 1. The molecule has 5 rings (SSSR count). The van der Waals surface area contributed by atoms with Gasteiger partial charge in [-0.2, -0.15) is 0 Å². The molecule has 2 N–H and O–H groups in total. The number of hydrogen-bond acceptors (Lipinski definition) is 7. The Labute approximate surface area is 225 Å². The SMILES string of the molecule is COc1ccc(C(OC[C@@H]2O[C@H](n3ccc(=O)[nH]c3=O)C[C@@H]2O)(c2ccccc2)c2ccc(OC)cc2)cc1. The third-order valence-corrected chi connectivity index (χ3v) is 7.00. The van der Waals surface area contributed by atoms with Crippen LogP contribution >= 0.6 is 0 Å². The predicted octanol–water partition coefficient (Wildman–Crippen LogP) is 3.21. The van der Waals surface area contributed by atoms with Crippen molar-refractivity contribution in [2.24, 2.45) is 0 Å². The molecule has 1 aliphatic rings. The van der Waals surface area contributed by atoms with E-state index in [1.807, 2.05) is 78.9 Å². The molecule has 4 aromatic rings. The second kappa shape index (κ2) is 11.3. The van der Waals surface area contributed by atoms with Gasteiger partial charge < -0.3 is 24.1 Å². The summed E-state index contributed by atoms with van der Waals surface area (Å²) in [5.74, 6) is 1.42. The quantitative estimate of drug-likeness (QED) is 0.320. The number of aromatic nitrogens is 2. The van der Waals surface area contributed by atoms with E-state index in [4.69, 9.17) is 18.9 Å². The first-order chi connectivity index (χ1) is 18.9. The van der Waals surface area contributed by atoms with E-state index in [9.17, 15) is 14.7 Å². The lowest BCUT2D eigenvalue weighted by Crippen LogP contribution is -2.38. The van der Waals surface area contributed by atoms with Crippen LogP contribution in [-0.2, 0) is 15.1 Å². The van der Waals surface area contributed by atoms with Gasteiger partial charge in [-0.15, -0.1) is 0 Å². The zero-order valence-corrected chi connectivity index (χ0v) is 21.7. The highest BCUT2D eigenvalue weighted by Gasteiger charge is 2.42. The van der Waals surface area contributed by atoms with Crippen molar-refractivity contribution in [2.75, 3.05) is 20.8 Å². The molecule has 0 unspecified atom stereocenters. The Morgan fingerprint density at radius 2 is 1.44 bits per heavy atom. The number of nitrogens with one attached hydrogen (secondary N) is 1. The van der Waals surface area contributed by atoms with Gasteiger partial charge in [-0.05, 0) is 41.0 Å². The molecule has 39 heavy (non-hydrogen) atoms. The van der Waals surface area contributed by atoms with Crippen molar-refractivity contribution in [2.45, 2.75) is 30.5 Å². The van der Waals surface area contributed by atoms with Crippen LogP contribution in [0.2, 0.25) is 0 Å². The predicted molar refractivity (Wildman–Crippen MR) is 144 cm³/mol. The van der Waals surface area contributed by atoms with Gasteiger partial charge in [0.1, 0.15) is 29.4 Å². The van der Waals surface area contributed by atoms with Crippen LogP contribution in [-0.4, -0.2) is 47.7 Å². The summed E-state index contributed by atoms with van der Waals surface area (Å²) >= 11 is 0. The molecule has 1 saturated heterocycles. The Morgan fingerprint density at radius 1 is 0.872 bits per heavy atom. The van der Waals surface area contributed by atoms with E-state index in [0.29, 0.717) is 11.5 Å². The molecule has 0 aliphatic carbocycles. The summed E-state index contributed by atoms with van der Waals surface area (Å²) in [6.07, 6.45) is -0.831. The Bertz CT molecular complexity index is 1450. The van der Waals surface area contributed by atoms with E-state index in [1.54, 1.807) is 14.2 Å². The zero-order valence-electron chi connectivity index (χ0n) is 21.7. The van der Waals surface area contributed by atoms with Gasteiger partial charge in [0.25, 0.3) is 5.56 Å². The number of hydrogen-bond donors (Lipinski definition) is 2. The zero-order chi connectivity index (χ0) is 27.4. The van der Waals surface area contributed by atoms with Gasteiger partial charge in [-0.3, -0.25) is 14.3 Å². The largest absolute Gasteiger partial charge is 0.497 e. The van der Waals surface area contributed by atoms with Crippen molar-refractivity contribution >= 4 is 0 Å². The van der Waals surface area contributed by atoms with Crippen LogP contribution in [0.1, 0.15) is 29.3 Å². The van der Waals surface area contributed by atoms with E-state index >= 15 is 0 Å². The first-order valence-corrected chi connectivity index (χ1v) is 12.6. The first kappa shape index (κ1) is 26.4. The molecule has 1 aliphatic heterocycles. The number of aromatic amines is 1. The van der Waals surface area contributed by atoms with E-state index in [0.717, 1.165) is 16.7 Å². The number of aliphatic hydroxyl groups excluding tert-OH is 1. The fraction of sp³-hybridized carbons (Fsp3) is 0.267. The molecular weight excluding hydrogens is 500 g/mol. The molecular formula is C30H30N2O7. The molecule has 0 spiro atoms. The van der Waals surface area contributed by atoms with Crippen LogP contribution in [0, 0.1) is 0 Å². The molecule has 2 heterocycles. The number of methoxy groups -OCH3 is 2. The van der Waals surface area contributed by atoms with E-state index in [2.05, 4.69) is 4.98 Å². The lowest BCUT2D eigenvalue weighted by molar-refractivity contribution is -0.0944. The topological polar surface area (TPSA) is 112 Å². The average Bonchev–Trinajstić information content (AvgIpc) is 3.34. The Kier molecular flexibility index (Phi) is 7.65. The van der Waals surface area contributed by atoms with Gasteiger partial charge in [0, 0.05) is 18.7 Å². The molecule has 0 bridgehead atoms. The van der Waals surface area contributed by atoms with Crippen molar-refractivity contribution in [3.05, 3.63) is 129 Å². The highest BCUT2D eigenvalue weighted by atomic mass is 16.6. The van der Waals surface area contributed by atoms with Crippen molar-refractivity contribution in [1.29, 1.82) is 0 Å². The summed E-state index contributed by atoms with van der Waals surface area (Å²) < 4.78 is 24.9. The Morgan fingerprint density at radius 3 is 1.97 bits per heavy atom. The summed E-state index contributed by atoms with van der Waals surface area (Å²) in [4.78, 5) is 26.0. The normalized spacial score (nSPS) is 19.1. The smallest absolute Gasteiger partial charge is 0.330 e. The number of aliphatic hydroxyl groups is 1. The van der Waals surface area contributed by atoms with Crippen molar-refractivity contribution < 1.29 is 24.1 Å². The van der Waals surface area contributed by atoms with Gasteiger partial charge >= 0.3 is 5.69 Å². The second-order valence-electron chi connectivity index (χ2n) is 9.26. The minimum Gasteiger partial charge on any atom is -0.497 e. The standard InChI is InChI=1S/C30H30N2O7/c1-36-23-12-8-21(9-13-23)30(20-6-4-3-5-7-20,22-10-14-24(37-2)15-11-22)38-19-26-25(33)18-28(39-26)32-17-16-27(34)31-29(32)35/h3-17,25-26,28,33H,18-19H2,1-2H3,(H,31,34,35)/t25-,26-,28-/m0/s1. The van der Waals surface area contributed by atoms with Crippen LogP contribution in [0.5, 0.6) is 11.5 Å². The molecule has 1 fully saturated rings. The van der Waals surface area contributed by atoms with Gasteiger partial charge in [-0.1, -0.05) is 54.6 Å². The summed E-state index contributed by atoms with van der Waals surface area (Å²) in [6, 6.07) is 26.3. The number of rotatable bonds is 9. The average molecular weight is 531 g/mol. The highest BCUT2D eigenvalue weighted by molar-refractivity contribution is 5.49. The molecule has 0 amide bonds. The minimum atomic E-state index is -1.07. The molecule has 3 atom stereocenters. The Balaban J connectivity index is 1.54. The van der Waals surface area contributed by atoms with Crippen molar-refractivity contribution in [1.82, 2.24) is 9.55 Å². The van der Waals surface area contributed by atoms with Gasteiger partial charge in [0.2, 0.25) is 0 Å². The van der Waals surface area contributed by atoms with Gasteiger partial charge in [0.15, 0.2) is 0 Å². The fourth-order valence-corrected chi connectivity index (χ4v) is 4.97. The lowest BCUT2D eigenvalue weighted by atomic mass is 9.80. The Hall–Kier alpha value is -4.18. The molecule has 0 saturated carbocycles. The van der Waals surface area contributed by atoms with Gasteiger partial charge in [-0.25, -0.2) is 4.79 Å². The molecule has 0 radical (unpaired) electrons. The molecule has 202 valence electrons. The first-order valence-electron chi connectivity index (χ1n) is 12.6. The van der Waals surface area contributed by atoms with E-state index in [1.165, 1.54) is 16.8 Å². The van der Waals surface area contributed by atoms with Crippen LogP contribution < -0.4 is 20.7 Å². The maximum Gasteiger partial charge on any atom is 0.330 e. The highest BCUT2D eigenvalue weighted by Crippen LogP contribution is 2.42. The third-order valence-electron chi connectivity index (χ3n) is 7.00. The fourth-order valence-electron chi connectivity index (χ4n) is 4.97. The summed E-state index contributed by atoms with van der Waals surface area (Å²) in [5, 5.41) is 10.9. The van der Waals surface area contributed by atoms with Crippen molar-refractivity contribution in [3.63, 3.8) is 0 Å². The summed E-state index contributed by atoms with van der Waals surface area (Å²) in [6.45, 7) is 0.0166. The monoisotopic (exact) mass is 530 g/mol. The molecule has 3 aromatic carbocycles. The van der Waals surface area contributed by atoms with Gasteiger partial charge in [0.05, 0.1) is 26.9 Å². The number of ether oxygens (including phenoxy) is 4. The maximum absolute atomic E-state index is 12.3. The molecule has 9 heteroatoms. The molecule has 1 aromatic heterocycles. The van der Waals surface area contributed by atoms with Crippen LogP contribution in [0.15, 0.2) is 101 Å². The summed E-state index contributed by atoms with van der Waals surface area (Å²) in [5.41, 5.74) is 0.399. The van der Waals surface area contributed by atoms with E-state index < -0.39 is 35.3 Å². The van der Waals surface area contributed by atoms with Crippen LogP contribution in [0.25, 0.3) is 0 Å². The number of nitrogens with zero attached hydrogens (tertiary/aromatic N) is 1. The van der Waals surface area contributed by atoms with Crippen LogP contribution in [0.3, 0.4) is 0 Å². The third kappa shape index (κ3) is 5.24. The maximum atomic E-state index is 12.3. The minimum absolute atomic E-state index is 0.0166. The molecule has 9 nitrogen and oxygen atoms in total. The van der Waals surface area contributed by atoms with Crippen molar-refractivity contribution in [3.8, 4) is 11.5 Å². The number of benzene rings is 3. The second-order valence-corrected chi connectivity index (χ2v) is 9.26. The summed E-state index contributed by atoms with van der Waals surface area (Å²) in [7, 11) is 3.23. The van der Waals surface area contributed by atoms with Crippen LogP contribution in [0.4, 0.5) is 0 Å².